The Morgan fingerprint density at radius 2 is 1.94 bits per heavy atom. The molecule has 0 aliphatic heterocycles. The number of hydrogen-bond donors (Lipinski definition) is 3. The van der Waals surface area contributed by atoms with Crippen LogP contribution in [0.5, 0.6) is 0 Å². The summed E-state index contributed by atoms with van der Waals surface area (Å²) in [7, 11) is 0. The number of rotatable bonds is 12. The number of fused-ring (bicyclic) bond motifs is 1. The van der Waals surface area contributed by atoms with Crippen LogP contribution in [0.2, 0.25) is 0 Å². The summed E-state index contributed by atoms with van der Waals surface area (Å²) in [5.41, 5.74) is 6.43. The summed E-state index contributed by atoms with van der Waals surface area (Å²) in [5, 5.41) is 10.2. The molecule has 4 rings (SSSR count). The summed E-state index contributed by atoms with van der Waals surface area (Å²) in [4.78, 5) is 17.5. The van der Waals surface area contributed by atoms with Gasteiger partial charge in [-0.3, -0.25) is 14.9 Å². The van der Waals surface area contributed by atoms with Crippen molar-refractivity contribution in [2.75, 3.05) is 26.3 Å². The van der Waals surface area contributed by atoms with Crippen molar-refractivity contribution in [3.05, 3.63) is 71.4 Å². The van der Waals surface area contributed by atoms with E-state index in [2.05, 4.69) is 71.2 Å². The van der Waals surface area contributed by atoms with Gasteiger partial charge in [-0.25, -0.2) is 5.48 Å². The lowest BCUT2D eigenvalue weighted by atomic mass is 9.79. The minimum absolute atomic E-state index is 0.161. The molecule has 1 aliphatic rings. The normalized spacial score (nSPS) is 16.9. The lowest BCUT2D eigenvalue weighted by Crippen LogP contribution is -2.34. The van der Waals surface area contributed by atoms with Gasteiger partial charge >= 0.3 is 0 Å². The van der Waals surface area contributed by atoms with Crippen molar-refractivity contribution in [3.8, 4) is 11.8 Å². The van der Waals surface area contributed by atoms with E-state index >= 15 is 0 Å². The van der Waals surface area contributed by atoms with Crippen molar-refractivity contribution >= 4 is 16.8 Å². The number of aromatic nitrogens is 1. The first-order valence-electron chi connectivity index (χ1n) is 11.6. The molecule has 2 aromatic carbocycles. The molecule has 0 bridgehead atoms. The number of hydrogen-bond acceptors (Lipinski definition) is 4. The number of nitrogens with one attached hydrogen (secondary N) is 2. The third-order valence-electron chi connectivity index (χ3n) is 6.14. The lowest BCUT2D eigenvalue weighted by molar-refractivity contribution is -0.132. The number of carbonyl (C=O) groups is 1. The van der Waals surface area contributed by atoms with E-state index in [1.807, 2.05) is 12.1 Å². The molecule has 0 fully saturated rings. The average Bonchev–Trinajstić information content (AvgIpc) is 3.23. The molecule has 0 saturated heterocycles. The zero-order valence-electron chi connectivity index (χ0n) is 19.0. The Balaban J connectivity index is 1.39. The summed E-state index contributed by atoms with van der Waals surface area (Å²) in [6, 6.07) is 16.7. The predicted octanol–water partition coefficient (Wildman–Crippen LogP) is 3.86. The van der Waals surface area contributed by atoms with E-state index in [1.54, 1.807) is 5.48 Å². The zero-order chi connectivity index (χ0) is 23.0. The average molecular weight is 446 g/mol. The molecule has 1 aromatic heterocycles. The quantitative estimate of drug-likeness (QED) is 0.171. The van der Waals surface area contributed by atoms with Crippen molar-refractivity contribution in [2.45, 2.75) is 32.2 Å². The van der Waals surface area contributed by atoms with Crippen LogP contribution < -0.4 is 5.48 Å². The molecule has 1 heterocycles. The highest BCUT2D eigenvalue weighted by atomic mass is 16.5. The highest BCUT2D eigenvalue weighted by Gasteiger charge is 2.32. The van der Waals surface area contributed by atoms with Crippen LogP contribution in [-0.4, -0.2) is 47.3 Å². The number of amides is 1. The van der Waals surface area contributed by atoms with Gasteiger partial charge in [0.25, 0.3) is 5.91 Å². The standard InChI is InChI=1S/C27H31N3O3/c1-2-16-33-17-15-30(14-13-22-18-28-26-6-4-3-5-24(22)26)19-20-7-9-21(10-8-20)23-11-12-25(23)27(31)29-32/h3-10,18,23,25,28,32H,2,13-17,19H2,1H3,(H,29,31). The maximum atomic E-state index is 11.7. The molecule has 3 aromatic rings. The lowest BCUT2D eigenvalue weighted by Gasteiger charge is -2.24. The Labute approximate surface area is 194 Å². The van der Waals surface area contributed by atoms with Crippen LogP contribution in [0.1, 0.15) is 36.0 Å². The number of nitrogens with zero attached hydrogens (tertiary/aromatic N) is 1. The largest absolute Gasteiger partial charge is 0.380 e. The number of carbonyl (C=O) groups excluding carboxylic acids is 1. The highest BCUT2D eigenvalue weighted by Crippen LogP contribution is 2.30. The summed E-state index contributed by atoms with van der Waals surface area (Å²) in [5.74, 6) is 4.76. The van der Waals surface area contributed by atoms with Gasteiger partial charge in [0, 0.05) is 43.3 Å². The number of hydroxylamine groups is 1. The summed E-state index contributed by atoms with van der Waals surface area (Å²) in [6.07, 6.45) is 4.10. The second-order valence-corrected chi connectivity index (χ2v) is 8.46. The number of para-hydroxylation sites is 1. The number of aromatic amines is 1. The third-order valence-corrected chi connectivity index (χ3v) is 6.14. The molecule has 0 spiro atoms. The molecule has 2 atom stereocenters. The van der Waals surface area contributed by atoms with Crippen LogP contribution in [0.15, 0.2) is 54.7 Å². The van der Waals surface area contributed by atoms with E-state index in [0.717, 1.165) is 51.3 Å². The second-order valence-electron chi connectivity index (χ2n) is 8.46. The first-order chi connectivity index (χ1) is 16.2. The number of ether oxygens (including phenoxy) is 1. The monoisotopic (exact) mass is 445 g/mol. The first-order valence-corrected chi connectivity index (χ1v) is 11.6. The summed E-state index contributed by atoms with van der Waals surface area (Å²) < 4.78 is 5.75. The Hall–Kier alpha value is -3.11. The molecule has 0 radical (unpaired) electrons. The van der Waals surface area contributed by atoms with Crippen molar-refractivity contribution in [1.29, 1.82) is 0 Å². The van der Waals surface area contributed by atoms with Crippen LogP contribution in [0, 0.1) is 17.8 Å². The molecular formula is C27H31N3O3. The maximum absolute atomic E-state index is 11.7. The van der Waals surface area contributed by atoms with Gasteiger partial charge in [-0.1, -0.05) is 61.2 Å². The number of H-pyrrole nitrogens is 1. The van der Waals surface area contributed by atoms with Crippen molar-refractivity contribution in [3.63, 3.8) is 0 Å². The minimum atomic E-state index is -0.482. The molecule has 33 heavy (non-hydrogen) atoms. The molecule has 6 nitrogen and oxygen atoms in total. The van der Waals surface area contributed by atoms with E-state index < -0.39 is 11.8 Å². The van der Waals surface area contributed by atoms with Crippen molar-refractivity contribution < 1.29 is 14.7 Å². The Bertz CT molecular complexity index is 1130. The Morgan fingerprint density at radius 3 is 2.67 bits per heavy atom. The van der Waals surface area contributed by atoms with E-state index in [4.69, 9.17) is 9.94 Å². The van der Waals surface area contributed by atoms with Crippen molar-refractivity contribution in [1.82, 2.24) is 15.4 Å². The van der Waals surface area contributed by atoms with Gasteiger partial charge in [-0.05, 0) is 35.6 Å². The van der Waals surface area contributed by atoms with Crippen molar-refractivity contribution in [2.24, 2.45) is 5.92 Å². The van der Waals surface area contributed by atoms with E-state index in [9.17, 15) is 4.79 Å². The molecule has 172 valence electrons. The summed E-state index contributed by atoms with van der Waals surface area (Å²) >= 11 is 0. The fraction of sp³-hybridized carbons (Fsp3) is 0.370. The van der Waals surface area contributed by atoms with Gasteiger partial charge in [0.15, 0.2) is 0 Å². The second kappa shape index (κ2) is 11.2. The van der Waals surface area contributed by atoms with Crippen LogP contribution in [-0.2, 0) is 22.5 Å². The predicted molar refractivity (Wildman–Crippen MR) is 129 cm³/mol. The van der Waals surface area contributed by atoms with Gasteiger partial charge in [0.2, 0.25) is 0 Å². The zero-order valence-corrected chi connectivity index (χ0v) is 19.0. The van der Waals surface area contributed by atoms with Crippen LogP contribution in [0.3, 0.4) is 0 Å². The number of benzene rings is 2. The van der Waals surface area contributed by atoms with Gasteiger partial charge in [-0.2, -0.15) is 0 Å². The van der Waals surface area contributed by atoms with Crippen LogP contribution in [0.4, 0.5) is 0 Å². The van der Waals surface area contributed by atoms with E-state index in [0.29, 0.717) is 0 Å². The molecular weight excluding hydrogens is 414 g/mol. The SMILES string of the molecule is CCCOCCN(CCc1c[nH]c2ccccc12)Cc1ccc(C2C#CC2C(=O)NO)cc1. The molecule has 1 amide bonds. The van der Waals surface area contributed by atoms with E-state index in [1.165, 1.54) is 22.0 Å². The smallest absolute Gasteiger partial charge is 0.260 e. The van der Waals surface area contributed by atoms with Gasteiger partial charge in [0.05, 0.1) is 12.5 Å². The molecule has 2 unspecified atom stereocenters. The van der Waals surface area contributed by atoms with Crippen LogP contribution in [0.25, 0.3) is 10.9 Å². The van der Waals surface area contributed by atoms with Gasteiger partial charge < -0.3 is 9.72 Å². The highest BCUT2D eigenvalue weighted by molar-refractivity contribution is 5.84. The Morgan fingerprint density at radius 1 is 1.12 bits per heavy atom. The first kappa shape index (κ1) is 23.1. The molecule has 0 saturated carbocycles. The topological polar surface area (TPSA) is 77.6 Å². The minimum Gasteiger partial charge on any atom is -0.380 e. The van der Waals surface area contributed by atoms with Gasteiger partial charge in [-0.15, -0.1) is 0 Å². The third kappa shape index (κ3) is 5.63. The molecule has 1 aliphatic carbocycles. The van der Waals surface area contributed by atoms with E-state index in [-0.39, 0.29) is 5.92 Å². The summed E-state index contributed by atoms with van der Waals surface area (Å²) in [6.45, 7) is 6.26. The van der Waals surface area contributed by atoms with Gasteiger partial charge in [0.1, 0.15) is 5.92 Å². The molecule has 3 N–H and O–H groups in total. The maximum Gasteiger partial charge on any atom is 0.260 e. The van der Waals surface area contributed by atoms with Crippen LogP contribution >= 0.6 is 0 Å². The molecule has 6 heteroatoms. The fourth-order valence-corrected chi connectivity index (χ4v) is 4.23. The fourth-order valence-electron chi connectivity index (χ4n) is 4.23. The Kier molecular flexibility index (Phi) is 7.79.